The maximum atomic E-state index is 12.0. The summed E-state index contributed by atoms with van der Waals surface area (Å²) < 4.78 is 46.1. The summed E-state index contributed by atoms with van der Waals surface area (Å²) in [6.45, 7) is 0.605. The number of alkyl halides is 3. The molecule has 0 unspecified atom stereocenters. The Morgan fingerprint density at radius 1 is 1.37 bits per heavy atom. The summed E-state index contributed by atoms with van der Waals surface area (Å²) in [5.74, 6) is -1.76. The van der Waals surface area contributed by atoms with Crippen molar-refractivity contribution in [2.45, 2.75) is 6.18 Å². The number of benzene rings is 1. The van der Waals surface area contributed by atoms with Crippen molar-refractivity contribution >= 4 is 23.2 Å². The number of anilines is 1. The third-order valence-corrected chi connectivity index (χ3v) is 2.29. The van der Waals surface area contributed by atoms with Crippen molar-refractivity contribution in [2.24, 2.45) is 0 Å². The van der Waals surface area contributed by atoms with Gasteiger partial charge in [0.2, 0.25) is 0 Å². The molecule has 0 saturated carbocycles. The maximum Gasteiger partial charge on any atom is 0.471 e. The highest BCUT2D eigenvalue weighted by atomic mass is 35.5. The molecule has 0 fully saturated rings. The Bertz CT molecular complexity index is 451. The van der Waals surface area contributed by atoms with Crippen molar-refractivity contribution in [3.05, 3.63) is 23.2 Å². The lowest BCUT2D eigenvalue weighted by Crippen LogP contribution is -2.29. The minimum atomic E-state index is -4.94. The quantitative estimate of drug-likeness (QED) is 0.850. The van der Waals surface area contributed by atoms with Gasteiger partial charge in [-0.3, -0.25) is 4.79 Å². The van der Waals surface area contributed by atoms with Crippen LogP contribution in [-0.2, 0) is 9.53 Å². The van der Waals surface area contributed by atoms with E-state index in [4.69, 9.17) is 21.1 Å². The zero-order chi connectivity index (χ0) is 14.5. The molecule has 0 saturated heterocycles. The molecule has 0 aliphatic carbocycles. The highest BCUT2D eigenvalue weighted by molar-refractivity contribution is 6.32. The molecule has 19 heavy (non-hydrogen) atoms. The maximum absolute atomic E-state index is 12.0. The number of carbonyl (C=O) groups excluding carboxylic acids is 1. The molecule has 0 aliphatic rings. The molecule has 0 spiro atoms. The number of methoxy groups -OCH3 is 1. The van der Waals surface area contributed by atoms with Crippen LogP contribution in [0.3, 0.4) is 0 Å². The van der Waals surface area contributed by atoms with Gasteiger partial charge in [-0.1, -0.05) is 11.6 Å². The van der Waals surface area contributed by atoms with Crippen LogP contribution in [0.25, 0.3) is 0 Å². The number of rotatable bonds is 5. The van der Waals surface area contributed by atoms with Crippen LogP contribution in [0.5, 0.6) is 5.75 Å². The SMILES string of the molecule is COCCOc1ccc(NC(=O)C(F)(F)F)cc1Cl. The lowest BCUT2D eigenvalue weighted by atomic mass is 10.3. The van der Waals surface area contributed by atoms with Crippen LogP contribution in [0, 0.1) is 0 Å². The van der Waals surface area contributed by atoms with Crippen LogP contribution in [0.4, 0.5) is 18.9 Å². The fourth-order valence-corrected chi connectivity index (χ4v) is 1.37. The van der Waals surface area contributed by atoms with E-state index in [1.807, 2.05) is 0 Å². The van der Waals surface area contributed by atoms with Gasteiger partial charge in [0.25, 0.3) is 0 Å². The van der Waals surface area contributed by atoms with Gasteiger partial charge in [-0.25, -0.2) is 0 Å². The Labute approximate surface area is 112 Å². The van der Waals surface area contributed by atoms with Gasteiger partial charge >= 0.3 is 12.1 Å². The van der Waals surface area contributed by atoms with Gasteiger partial charge in [0.1, 0.15) is 12.4 Å². The number of halogens is 4. The summed E-state index contributed by atoms with van der Waals surface area (Å²) in [5, 5.41) is 1.78. The molecule has 1 aromatic rings. The number of hydrogen-bond acceptors (Lipinski definition) is 3. The number of amides is 1. The van der Waals surface area contributed by atoms with E-state index in [1.165, 1.54) is 25.3 Å². The first-order valence-electron chi connectivity index (χ1n) is 5.14. The first kappa shape index (κ1) is 15.6. The van der Waals surface area contributed by atoms with Crippen molar-refractivity contribution in [2.75, 3.05) is 25.6 Å². The number of ether oxygens (including phenoxy) is 2. The normalized spacial score (nSPS) is 11.2. The average Bonchev–Trinajstić information content (AvgIpc) is 2.31. The van der Waals surface area contributed by atoms with E-state index in [2.05, 4.69) is 0 Å². The predicted octanol–water partition coefficient (Wildman–Crippen LogP) is 2.87. The molecule has 4 nitrogen and oxygen atoms in total. The van der Waals surface area contributed by atoms with Crippen molar-refractivity contribution in [3.8, 4) is 5.75 Å². The van der Waals surface area contributed by atoms with Crippen LogP contribution >= 0.6 is 11.6 Å². The smallest absolute Gasteiger partial charge is 0.471 e. The van der Waals surface area contributed by atoms with Gasteiger partial charge in [0, 0.05) is 12.8 Å². The summed E-state index contributed by atoms with van der Waals surface area (Å²) in [5.41, 5.74) is -0.0635. The Morgan fingerprint density at radius 2 is 2.05 bits per heavy atom. The molecule has 1 N–H and O–H groups in total. The zero-order valence-corrected chi connectivity index (χ0v) is 10.6. The van der Waals surface area contributed by atoms with E-state index in [-0.39, 0.29) is 17.3 Å². The molecule has 1 rings (SSSR count). The van der Waals surface area contributed by atoms with Crippen LogP contribution in [0.1, 0.15) is 0 Å². The number of nitrogens with one attached hydrogen (secondary N) is 1. The van der Waals surface area contributed by atoms with E-state index in [0.29, 0.717) is 12.4 Å². The third kappa shape index (κ3) is 4.96. The third-order valence-electron chi connectivity index (χ3n) is 1.99. The Kier molecular flexibility index (Phi) is 5.44. The highest BCUT2D eigenvalue weighted by Gasteiger charge is 2.38. The first-order chi connectivity index (χ1) is 8.84. The molecular weight excluding hydrogens is 287 g/mol. The average molecular weight is 298 g/mol. The van der Waals surface area contributed by atoms with Crippen molar-refractivity contribution in [3.63, 3.8) is 0 Å². The Morgan fingerprint density at radius 3 is 2.58 bits per heavy atom. The topological polar surface area (TPSA) is 47.6 Å². The molecule has 0 heterocycles. The van der Waals surface area contributed by atoms with Crippen molar-refractivity contribution in [1.82, 2.24) is 0 Å². The lowest BCUT2D eigenvalue weighted by molar-refractivity contribution is -0.167. The van der Waals surface area contributed by atoms with E-state index in [0.717, 1.165) is 0 Å². The lowest BCUT2D eigenvalue weighted by Gasteiger charge is -2.11. The van der Waals surface area contributed by atoms with Crippen LogP contribution in [-0.4, -0.2) is 32.4 Å². The molecule has 0 aliphatic heterocycles. The number of hydrogen-bond donors (Lipinski definition) is 1. The number of carbonyl (C=O) groups is 1. The van der Waals surface area contributed by atoms with Gasteiger partial charge in [-0.15, -0.1) is 0 Å². The molecule has 106 valence electrons. The van der Waals surface area contributed by atoms with Gasteiger partial charge in [-0.2, -0.15) is 13.2 Å². The minimum absolute atomic E-state index is 0.0635. The molecule has 1 aromatic carbocycles. The predicted molar refractivity (Wildman–Crippen MR) is 63.5 cm³/mol. The van der Waals surface area contributed by atoms with Gasteiger partial charge < -0.3 is 14.8 Å². The van der Waals surface area contributed by atoms with Crippen LogP contribution in [0.2, 0.25) is 5.02 Å². The van der Waals surface area contributed by atoms with Crippen molar-refractivity contribution in [1.29, 1.82) is 0 Å². The first-order valence-corrected chi connectivity index (χ1v) is 5.52. The molecular formula is C11H11ClF3NO3. The van der Waals surface area contributed by atoms with Gasteiger partial charge in [-0.05, 0) is 18.2 Å². The summed E-state index contributed by atoms with van der Waals surface area (Å²) in [4.78, 5) is 10.7. The zero-order valence-electron chi connectivity index (χ0n) is 9.88. The second-order valence-electron chi connectivity index (χ2n) is 3.44. The second-order valence-corrected chi connectivity index (χ2v) is 3.85. The van der Waals surface area contributed by atoms with Gasteiger partial charge in [0.05, 0.1) is 11.6 Å². The van der Waals surface area contributed by atoms with Crippen LogP contribution in [0.15, 0.2) is 18.2 Å². The fraction of sp³-hybridized carbons (Fsp3) is 0.364. The van der Waals surface area contributed by atoms with Crippen LogP contribution < -0.4 is 10.1 Å². The largest absolute Gasteiger partial charge is 0.490 e. The second kappa shape index (κ2) is 6.63. The minimum Gasteiger partial charge on any atom is -0.490 e. The van der Waals surface area contributed by atoms with Crippen molar-refractivity contribution < 1.29 is 27.4 Å². The Hall–Kier alpha value is -1.47. The van der Waals surface area contributed by atoms with E-state index < -0.39 is 12.1 Å². The molecule has 1 amide bonds. The summed E-state index contributed by atoms with van der Waals surface area (Å²) in [6, 6.07) is 3.80. The molecule has 0 bridgehead atoms. The highest BCUT2D eigenvalue weighted by Crippen LogP contribution is 2.28. The standard InChI is InChI=1S/C11H11ClF3NO3/c1-18-4-5-19-9-3-2-7(6-8(9)12)16-10(17)11(13,14)15/h2-3,6H,4-5H2,1H3,(H,16,17). The van der Waals surface area contributed by atoms with E-state index >= 15 is 0 Å². The summed E-state index contributed by atoms with van der Waals surface area (Å²) >= 11 is 5.81. The Balaban J connectivity index is 2.69. The molecule has 0 aromatic heterocycles. The fourth-order valence-electron chi connectivity index (χ4n) is 1.13. The van der Waals surface area contributed by atoms with Gasteiger partial charge in [0.15, 0.2) is 0 Å². The van der Waals surface area contributed by atoms with E-state index in [9.17, 15) is 18.0 Å². The summed E-state index contributed by atoms with van der Waals surface area (Å²) in [7, 11) is 1.50. The molecule has 0 radical (unpaired) electrons. The monoisotopic (exact) mass is 297 g/mol. The molecule has 0 atom stereocenters. The van der Waals surface area contributed by atoms with E-state index in [1.54, 1.807) is 5.32 Å². The molecule has 8 heteroatoms. The summed E-state index contributed by atoms with van der Waals surface area (Å²) in [6.07, 6.45) is -4.94.